The normalized spacial score (nSPS) is 18.7. The third-order valence-electron chi connectivity index (χ3n) is 3.56. The van der Waals surface area contributed by atoms with Crippen LogP contribution in [0.5, 0.6) is 0 Å². The number of sulfonamides is 1. The highest BCUT2D eigenvalue weighted by Gasteiger charge is 2.27. The molecule has 0 amide bonds. The molecule has 6 heteroatoms. The number of fused-ring (bicyclic) bond motifs is 1. The first kappa shape index (κ1) is 13.6. The van der Waals surface area contributed by atoms with Gasteiger partial charge in [-0.3, -0.25) is 0 Å². The van der Waals surface area contributed by atoms with Crippen LogP contribution in [0.15, 0.2) is 40.6 Å². The monoisotopic (exact) mass is 308 g/mol. The number of nitrogens with two attached hydrogens (primary N) is 1. The van der Waals surface area contributed by atoms with E-state index in [2.05, 4.69) is 4.72 Å². The fourth-order valence-electron chi connectivity index (χ4n) is 2.58. The van der Waals surface area contributed by atoms with E-state index in [0.29, 0.717) is 0 Å². The number of hydrogen-bond acceptors (Lipinski definition) is 4. The average Bonchev–Trinajstić information content (AvgIpc) is 2.88. The summed E-state index contributed by atoms with van der Waals surface area (Å²) < 4.78 is 27.7. The second-order valence-electron chi connectivity index (χ2n) is 4.90. The number of nitrogen functional groups attached to an aromatic ring is 1. The smallest absolute Gasteiger partial charge is 0.243 e. The first-order valence-corrected chi connectivity index (χ1v) is 8.87. The Balaban J connectivity index is 1.91. The molecule has 0 radical (unpaired) electrons. The number of para-hydroxylation sites is 1. The van der Waals surface area contributed by atoms with Crippen molar-refractivity contribution in [3.63, 3.8) is 0 Å². The Morgan fingerprint density at radius 2 is 2.05 bits per heavy atom. The van der Waals surface area contributed by atoms with E-state index in [-0.39, 0.29) is 16.6 Å². The number of hydrogen-bond donors (Lipinski definition) is 2. The largest absolute Gasteiger partial charge is 0.398 e. The molecule has 0 aliphatic heterocycles. The minimum Gasteiger partial charge on any atom is -0.398 e. The van der Waals surface area contributed by atoms with Crippen LogP contribution in [-0.4, -0.2) is 8.42 Å². The lowest BCUT2D eigenvalue weighted by Crippen LogP contribution is -2.31. The molecule has 0 bridgehead atoms. The van der Waals surface area contributed by atoms with Gasteiger partial charge in [-0.05, 0) is 48.4 Å². The zero-order valence-corrected chi connectivity index (χ0v) is 12.5. The molecule has 0 spiro atoms. The maximum atomic E-state index is 12.5. The van der Waals surface area contributed by atoms with Gasteiger partial charge in [0.15, 0.2) is 0 Å². The van der Waals surface area contributed by atoms with Crippen molar-refractivity contribution in [2.45, 2.75) is 30.2 Å². The van der Waals surface area contributed by atoms with Crippen LogP contribution in [0.2, 0.25) is 0 Å². The van der Waals surface area contributed by atoms with E-state index in [1.165, 1.54) is 10.9 Å². The Labute approximate surface area is 122 Å². The molecule has 3 rings (SSSR count). The van der Waals surface area contributed by atoms with Gasteiger partial charge in [0, 0.05) is 10.9 Å². The zero-order chi connectivity index (χ0) is 14.2. The summed E-state index contributed by atoms with van der Waals surface area (Å²) in [7, 11) is -3.58. The van der Waals surface area contributed by atoms with Crippen LogP contribution in [-0.2, 0) is 16.4 Å². The van der Waals surface area contributed by atoms with Gasteiger partial charge in [0.2, 0.25) is 10.0 Å². The number of nitrogens with one attached hydrogen (secondary N) is 1. The highest BCUT2D eigenvalue weighted by molar-refractivity contribution is 7.89. The predicted molar refractivity (Wildman–Crippen MR) is 81.2 cm³/mol. The van der Waals surface area contributed by atoms with Crippen molar-refractivity contribution in [3.05, 3.63) is 46.2 Å². The van der Waals surface area contributed by atoms with Crippen molar-refractivity contribution in [3.8, 4) is 0 Å². The van der Waals surface area contributed by atoms with Crippen LogP contribution in [0.1, 0.15) is 29.3 Å². The molecular formula is C14H16N2O2S2. The predicted octanol–water partition coefficient (Wildman–Crippen LogP) is 2.69. The fourth-order valence-corrected chi connectivity index (χ4v) is 4.95. The maximum Gasteiger partial charge on any atom is 0.243 e. The number of thiophene rings is 1. The molecule has 0 saturated heterocycles. The van der Waals surface area contributed by atoms with Gasteiger partial charge < -0.3 is 5.73 Å². The van der Waals surface area contributed by atoms with Crippen LogP contribution >= 0.6 is 11.3 Å². The lowest BCUT2D eigenvalue weighted by atomic mass is 9.95. The summed E-state index contributed by atoms with van der Waals surface area (Å²) in [6, 6.07) is 8.42. The quantitative estimate of drug-likeness (QED) is 0.856. The summed E-state index contributed by atoms with van der Waals surface area (Å²) in [5.41, 5.74) is 7.16. The molecule has 1 atom stereocenters. The van der Waals surface area contributed by atoms with E-state index in [9.17, 15) is 8.42 Å². The van der Waals surface area contributed by atoms with E-state index >= 15 is 0 Å². The van der Waals surface area contributed by atoms with Gasteiger partial charge in [-0.15, -0.1) is 11.3 Å². The molecule has 1 aromatic heterocycles. The molecule has 2 aromatic rings. The Morgan fingerprint density at radius 1 is 1.25 bits per heavy atom. The molecule has 1 aliphatic rings. The molecule has 3 N–H and O–H groups in total. The third kappa shape index (κ3) is 2.46. The summed E-state index contributed by atoms with van der Waals surface area (Å²) in [5.74, 6) is 0. The van der Waals surface area contributed by atoms with Gasteiger partial charge >= 0.3 is 0 Å². The summed E-state index contributed by atoms with van der Waals surface area (Å²) in [6.45, 7) is 0. The second kappa shape index (κ2) is 5.20. The first-order chi connectivity index (χ1) is 9.58. The lowest BCUT2D eigenvalue weighted by molar-refractivity contribution is 0.511. The van der Waals surface area contributed by atoms with Gasteiger partial charge in [0.05, 0.1) is 5.69 Å². The summed E-state index contributed by atoms with van der Waals surface area (Å²) >= 11 is 1.69. The standard InChI is InChI=1S/C14H16N2O2S2/c15-11-4-1-2-7-14(11)20(17,18)16-12-5-3-6-13-10(12)8-9-19-13/h1-2,4,7-9,12,16H,3,5-6,15H2. The molecule has 0 fully saturated rings. The van der Waals surface area contributed by atoms with Crippen molar-refractivity contribution in [2.75, 3.05) is 5.73 Å². The molecule has 1 aromatic carbocycles. The first-order valence-electron chi connectivity index (χ1n) is 6.51. The Morgan fingerprint density at radius 3 is 2.85 bits per heavy atom. The van der Waals surface area contributed by atoms with Gasteiger partial charge in [-0.25, -0.2) is 13.1 Å². The Hall–Kier alpha value is -1.37. The van der Waals surface area contributed by atoms with Crippen LogP contribution in [0, 0.1) is 0 Å². The minimum atomic E-state index is -3.58. The maximum absolute atomic E-state index is 12.5. The Kier molecular flexibility index (Phi) is 3.54. The van der Waals surface area contributed by atoms with E-state index in [1.54, 1.807) is 29.5 Å². The molecule has 0 saturated carbocycles. The molecule has 1 unspecified atom stereocenters. The number of aryl methyl sites for hydroxylation is 1. The van der Waals surface area contributed by atoms with E-state index in [0.717, 1.165) is 24.8 Å². The van der Waals surface area contributed by atoms with E-state index in [4.69, 9.17) is 5.73 Å². The lowest BCUT2D eigenvalue weighted by Gasteiger charge is -2.23. The molecule has 1 aliphatic carbocycles. The highest BCUT2D eigenvalue weighted by Crippen LogP contribution is 2.34. The van der Waals surface area contributed by atoms with Crippen molar-refractivity contribution in [2.24, 2.45) is 0 Å². The van der Waals surface area contributed by atoms with Gasteiger partial charge in [-0.2, -0.15) is 0 Å². The SMILES string of the molecule is Nc1ccccc1S(=O)(=O)NC1CCCc2sccc21. The van der Waals surface area contributed by atoms with Gasteiger partial charge in [0.1, 0.15) is 4.90 Å². The molecular weight excluding hydrogens is 292 g/mol. The molecule has 106 valence electrons. The molecule has 1 heterocycles. The number of benzene rings is 1. The van der Waals surface area contributed by atoms with Gasteiger partial charge in [0.25, 0.3) is 0 Å². The summed E-state index contributed by atoms with van der Waals surface area (Å²) in [5, 5.41) is 2.02. The molecule has 4 nitrogen and oxygen atoms in total. The summed E-state index contributed by atoms with van der Waals surface area (Å²) in [6.07, 6.45) is 2.87. The molecule has 20 heavy (non-hydrogen) atoms. The topological polar surface area (TPSA) is 72.2 Å². The van der Waals surface area contributed by atoms with Gasteiger partial charge in [-0.1, -0.05) is 12.1 Å². The van der Waals surface area contributed by atoms with Crippen molar-refractivity contribution in [1.82, 2.24) is 4.72 Å². The fraction of sp³-hybridized carbons (Fsp3) is 0.286. The minimum absolute atomic E-state index is 0.144. The van der Waals surface area contributed by atoms with Crippen LogP contribution < -0.4 is 10.5 Å². The van der Waals surface area contributed by atoms with Crippen molar-refractivity contribution in [1.29, 1.82) is 0 Å². The number of rotatable bonds is 3. The Bertz CT molecular complexity index is 722. The van der Waals surface area contributed by atoms with E-state index < -0.39 is 10.0 Å². The second-order valence-corrected chi connectivity index (χ2v) is 7.59. The van der Waals surface area contributed by atoms with Crippen LogP contribution in [0.25, 0.3) is 0 Å². The van der Waals surface area contributed by atoms with Crippen LogP contribution in [0.4, 0.5) is 5.69 Å². The average molecular weight is 308 g/mol. The highest BCUT2D eigenvalue weighted by atomic mass is 32.2. The summed E-state index contributed by atoms with van der Waals surface area (Å²) in [4.78, 5) is 1.44. The van der Waals surface area contributed by atoms with Crippen LogP contribution in [0.3, 0.4) is 0 Å². The zero-order valence-electron chi connectivity index (χ0n) is 10.9. The van der Waals surface area contributed by atoms with Crippen molar-refractivity contribution >= 4 is 27.0 Å². The van der Waals surface area contributed by atoms with Crippen molar-refractivity contribution < 1.29 is 8.42 Å². The third-order valence-corrected chi connectivity index (χ3v) is 6.10. The van der Waals surface area contributed by atoms with E-state index in [1.807, 2.05) is 11.4 Å². The number of anilines is 1.